The van der Waals surface area contributed by atoms with Crippen LogP contribution in [0.4, 0.5) is 0 Å². The summed E-state index contributed by atoms with van der Waals surface area (Å²) in [5.41, 5.74) is 6.99. The summed E-state index contributed by atoms with van der Waals surface area (Å²) in [6.45, 7) is 2.02. The molecule has 2 heterocycles. The van der Waals surface area contributed by atoms with Gasteiger partial charge in [-0.1, -0.05) is 18.2 Å². The van der Waals surface area contributed by atoms with E-state index in [0.717, 1.165) is 41.4 Å². The predicted octanol–water partition coefficient (Wildman–Crippen LogP) is 2.37. The van der Waals surface area contributed by atoms with E-state index in [2.05, 4.69) is 15.5 Å². The van der Waals surface area contributed by atoms with E-state index in [-0.39, 0.29) is 12.5 Å². The van der Waals surface area contributed by atoms with Crippen LogP contribution < -0.4 is 5.43 Å². The van der Waals surface area contributed by atoms with E-state index in [1.54, 1.807) is 0 Å². The third-order valence-electron chi connectivity index (χ3n) is 3.91. The Kier molecular flexibility index (Phi) is 4.06. The zero-order valence-electron chi connectivity index (χ0n) is 12.5. The molecule has 2 aromatic rings. The van der Waals surface area contributed by atoms with Crippen LogP contribution >= 0.6 is 0 Å². The number of aromatic nitrogens is 1. The highest BCUT2D eigenvalue weighted by Crippen LogP contribution is 2.27. The number of nitrogens with zero attached hydrogens (tertiary/aromatic N) is 1. The van der Waals surface area contributed by atoms with Gasteiger partial charge in [0.1, 0.15) is 0 Å². The lowest BCUT2D eigenvalue weighted by Gasteiger charge is -2.02. The van der Waals surface area contributed by atoms with Crippen molar-refractivity contribution in [3.63, 3.8) is 0 Å². The zero-order chi connectivity index (χ0) is 15.5. The van der Waals surface area contributed by atoms with Crippen molar-refractivity contribution < 1.29 is 9.90 Å². The second kappa shape index (κ2) is 6.15. The van der Waals surface area contributed by atoms with Crippen molar-refractivity contribution in [3.05, 3.63) is 41.1 Å². The highest BCUT2D eigenvalue weighted by Gasteiger charge is 2.20. The van der Waals surface area contributed by atoms with Gasteiger partial charge < -0.3 is 10.1 Å². The number of nitrogens with one attached hydrogen (secondary N) is 2. The number of rotatable bonds is 5. The van der Waals surface area contributed by atoms with Crippen LogP contribution in [0.5, 0.6) is 0 Å². The molecule has 0 atom stereocenters. The van der Waals surface area contributed by atoms with Gasteiger partial charge in [-0.25, -0.2) is 5.43 Å². The van der Waals surface area contributed by atoms with E-state index in [1.165, 1.54) is 0 Å². The first-order valence-corrected chi connectivity index (χ1v) is 7.48. The van der Waals surface area contributed by atoms with E-state index in [4.69, 9.17) is 5.11 Å². The molecule has 1 aromatic heterocycles. The van der Waals surface area contributed by atoms with E-state index in [9.17, 15) is 4.79 Å². The van der Waals surface area contributed by atoms with E-state index >= 15 is 0 Å². The molecule has 0 saturated carbocycles. The minimum absolute atomic E-state index is 0.163. The SMILES string of the molecule is CC1=NNC(=O)C1=Cc1c(CCCCO)[nH]c2ccccc12. The van der Waals surface area contributed by atoms with E-state index in [0.29, 0.717) is 11.3 Å². The lowest BCUT2D eigenvalue weighted by Crippen LogP contribution is -2.12. The summed E-state index contributed by atoms with van der Waals surface area (Å²) in [5, 5.41) is 14.0. The van der Waals surface area contributed by atoms with Crippen LogP contribution in [0.2, 0.25) is 0 Å². The number of benzene rings is 1. The third-order valence-corrected chi connectivity index (χ3v) is 3.91. The number of unbranched alkanes of at least 4 members (excludes halogenated alkanes) is 1. The van der Waals surface area contributed by atoms with Crippen LogP contribution in [0.3, 0.4) is 0 Å². The normalized spacial score (nSPS) is 16.4. The van der Waals surface area contributed by atoms with Crippen molar-refractivity contribution in [1.82, 2.24) is 10.4 Å². The van der Waals surface area contributed by atoms with Gasteiger partial charge in [-0.05, 0) is 38.3 Å². The average Bonchev–Trinajstić information content (AvgIpc) is 3.03. The summed E-state index contributed by atoms with van der Waals surface area (Å²) in [5.74, 6) is -0.163. The maximum atomic E-state index is 11.9. The van der Waals surface area contributed by atoms with Gasteiger partial charge >= 0.3 is 0 Å². The van der Waals surface area contributed by atoms with Crippen LogP contribution in [-0.2, 0) is 11.2 Å². The van der Waals surface area contributed by atoms with Crippen molar-refractivity contribution in [2.45, 2.75) is 26.2 Å². The lowest BCUT2D eigenvalue weighted by atomic mass is 10.0. The number of aliphatic hydroxyl groups excluding tert-OH is 1. The summed E-state index contributed by atoms with van der Waals surface area (Å²) in [4.78, 5) is 15.3. The molecule has 3 rings (SSSR count). The number of amides is 1. The molecule has 0 saturated heterocycles. The third kappa shape index (κ3) is 2.67. The molecule has 0 fully saturated rings. The molecule has 0 bridgehead atoms. The molecule has 1 amide bonds. The van der Waals surface area contributed by atoms with Crippen molar-refractivity contribution in [2.24, 2.45) is 5.10 Å². The first-order chi connectivity index (χ1) is 10.7. The molecule has 114 valence electrons. The molecule has 1 aliphatic heterocycles. The summed E-state index contributed by atoms with van der Waals surface area (Å²) < 4.78 is 0. The molecule has 5 heteroatoms. The molecule has 0 spiro atoms. The van der Waals surface area contributed by atoms with Crippen molar-refractivity contribution >= 4 is 28.6 Å². The number of hydrogen-bond donors (Lipinski definition) is 3. The Labute approximate surface area is 128 Å². The van der Waals surface area contributed by atoms with Gasteiger partial charge in [-0.15, -0.1) is 0 Å². The largest absolute Gasteiger partial charge is 0.396 e. The minimum atomic E-state index is -0.163. The molecule has 1 aliphatic rings. The Morgan fingerprint density at radius 1 is 1.27 bits per heavy atom. The number of hydrazone groups is 1. The number of para-hydroxylation sites is 1. The smallest absolute Gasteiger partial charge is 0.273 e. The minimum Gasteiger partial charge on any atom is -0.396 e. The van der Waals surface area contributed by atoms with Gasteiger partial charge in [0.2, 0.25) is 0 Å². The topological polar surface area (TPSA) is 77.5 Å². The lowest BCUT2D eigenvalue weighted by molar-refractivity contribution is -0.116. The first-order valence-electron chi connectivity index (χ1n) is 7.48. The summed E-state index contributed by atoms with van der Waals surface area (Å²) in [7, 11) is 0. The number of fused-ring (bicyclic) bond motifs is 1. The van der Waals surface area contributed by atoms with Gasteiger partial charge in [-0.3, -0.25) is 4.79 Å². The Morgan fingerprint density at radius 2 is 2.09 bits per heavy atom. The average molecular weight is 297 g/mol. The van der Waals surface area contributed by atoms with Gasteiger partial charge in [0.15, 0.2) is 0 Å². The number of aryl methyl sites for hydroxylation is 1. The van der Waals surface area contributed by atoms with Crippen LogP contribution in [0.25, 0.3) is 17.0 Å². The molecule has 22 heavy (non-hydrogen) atoms. The highest BCUT2D eigenvalue weighted by molar-refractivity contribution is 6.27. The van der Waals surface area contributed by atoms with Crippen molar-refractivity contribution in [1.29, 1.82) is 0 Å². The van der Waals surface area contributed by atoms with Crippen LogP contribution in [-0.4, -0.2) is 28.3 Å². The highest BCUT2D eigenvalue weighted by atomic mass is 16.2. The second-order valence-electron chi connectivity index (χ2n) is 5.44. The number of H-pyrrole nitrogens is 1. The number of aromatic amines is 1. The van der Waals surface area contributed by atoms with Crippen LogP contribution in [0.1, 0.15) is 31.0 Å². The predicted molar refractivity (Wildman–Crippen MR) is 87.6 cm³/mol. The monoisotopic (exact) mass is 297 g/mol. The number of carbonyl (C=O) groups is 1. The second-order valence-corrected chi connectivity index (χ2v) is 5.44. The Hall–Kier alpha value is -2.40. The fourth-order valence-corrected chi connectivity index (χ4v) is 2.73. The van der Waals surface area contributed by atoms with Crippen molar-refractivity contribution in [2.75, 3.05) is 6.61 Å². The summed E-state index contributed by atoms with van der Waals surface area (Å²) >= 11 is 0. The van der Waals surface area contributed by atoms with Crippen molar-refractivity contribution in [3.8, 4) is 0 Å². The van der Waals surface area contributed by atoms with Crippen LogP contribution in [0.15, 0.2) is 34.9 Å². The molecule has 5 nitrogen and oxygen atoms in total. The standard InChI is InChI=1S/C17H19N3O2/c1-11-13(17(22)20-19-11)10-14-12-6-2-3-7-15(12)18-16(14)8-4-5-9-21/h2-3,6-7,10,18,21H,4-5,8-9H2,1H3,(H,20,22). The van der Waals surface area contributed by atoms with E-state index < -0.39 is 0 Å². The number of aliphatic hydroxyl groups is 1. The molecular formula is C17H19N3O2. The summed E-state index contributed by atoms with van der Waals surface area (Å²) in [6, 6.07) is 8.06. The van der Waals surface area contributed by atoms with Gasteiger partial charge in [-0.2, -0.15) is 5.10 Å². The molecule has 0 unspecified atom stereocenters. The first kappa shape index (κ1) is 14.5. The Morgan fingerprint density at radius 3 is 2.82 bits per heavy atom. The fourth-order valence-electron chi connectivity index (χ4n) is 2.73. The van der Waals surface area contributed by atoms with Gasteiger partial charge in [0.05, 0.1) is 11.3 Å². The molecule has 1 aromatic carbocycles. The maximum absolute atomic E-state index is 11.9. The zero-order valence-corrected chi connectivity index (χ0v) is 12.5. The molecule has 0 radical (unpaired) electrons. The van der Waals surface area contributed by atoms with Gasteiger partial charge in [0, 0.05) is 28.8 Å². The summed E-state index contributed by atoms with van der Waals surface area (Å²) in [6.07, 6.45) is 4.42. The molecule has 3 N–H and O–H groups in total. The van der Waals surface area contributed by atoms with Gasteiger partial charge in [0.25, 0.3) is 5.91 Å². The Balaban J connectivity index is 2.06. The number of carbonyl (C=O) groups excluding carboxylic acids is 1. The van der Waals surface area contributed by atoms with E-state index in [1.807, 2.05) is 37.3 Å². The number of hydrogen-bond acceptors (Lipinski definition) is 3. The quantitative estimate of drug-likeness (QED) is 0.585. The molecule has 0 aliphatic carbocycles. The maximum Gasteiger partial charge on any atom is 0.273 e. The fraction of sp³-hybridized carbons (Fsp3) is 0.294. The van der Waals surface area contributed by atoms with Crippen LogP contribution in [0, 0.1) is 0 Å². The Bertz CT molecular complexity index is 771. The molecular weight excluding hydrogens is 278 g/mol.